The van der Waals surface area contributed by atoms with E-state index in [0.29, 0.717) is 5.82 Å². The first-order valence-electron chi connectivity index (χ1n) is 7.18. The van der Waals surface area contributed by atoms with Crippen molar-refractivity contribution in [2.75, 3.05) is 31.5 Å². The standard InChI is InChI=1S/C14H22N4O3/c1-10-6-13(18(19)20)7-16-14(10)15-4-5-17-8-11(2)21-12(3)9-17/h6-7,11-12H,4-5,8-9H2,1-3H3,(H,15,16). The minimum absolute atomic E-state index is 0.0221. The number of nitro groups is 1. The lowest BCUT2D eigenvalue weighted by atomic mass is 10.2. The van der Waals surface area contributed by atoms with E-state index in [0.717, 1.165) is 31.7 Å². The van der Waals surface area contributed by atoms with Crippen molar-refractivity contribution in [1.82, 2.24) is 9.88 Å². The highest BCUT2D eigenvalue weighted by Gasteiger charge is 2.21. The van der Waals surface area contributed by atoms with Gasteiger partial charge in [-0.2, -0.15) is 0 Å². The molecule has 2 unspecified atom stereocenters. The summed E-state index contributed by atoms with van der Waals surface area (Å²) in [5.74, 6) is 0.704. The van der Waals surface area contributed by atoms with Crippen molar-refractivity contribution in [3.8, 4) is 0 Å². The summed E-state index contributed by atoms with van der Waals surface area (Å²) in [5, 5.41) is 13.9. The smallest absolute Gasteiger partial charge is 0.287 e. The van der Waals surface area contributed by atoms with Gasteiger partial charge in [0.25, 0.3) is 5.69 Å². The highest BCUT2D eigenvalue weighted by atomic mass is 16.6. The van der Waals surface area contributed by atoms with Crippen LogP contribution in [0, 0.1) is 17.0 Å². The molecule has 116 valence electrons. The van der Waals surface area contributed by atoms with Gasteiger partial charge in [-0.3, -0.25) is 15.0 Å². The van der Waals surface area contributed by atoms with Crippen molar-refractivity contribution in [3.05, 3.63) is 27.9 Å². The molecular weight excluding hydrogens is 272 g/mol. The van der Waals surface area contributed by atoms with Crippen LogP contribution in [0.25, 0.3) is 0 Å². The van der Waals surface area contributed by atoms with E-state index in [1.807, 2.05) is 6.92 Å². The molecule has 2 rings (SSSR count). The zero-order valence-electron chi connectivity index (χ0n) is 12.7. The second-order valence-electron chi connectivity index (χ2n) is 5.56. The summed E-state index contributed by atoms with van der Waals surface area (Å²) >= 11 is 0. The molecule has 1 saturated heterocycles. The van der Waals surface area contributed by atoms with E-state index in [9.17, 15) is 10.1 Å². The van der Waals surface area contributed by atoms with Gasteiger partial charge in [0, 0.05) is 32.2 Å². The summed E-state index contributed by atoms with van der Waals surface area (Å²) in [6.45, 7) is 9.50. The maximum atomic E-state index is 10.7. The Labute approximate surface area is 124 Å². The van der Waals surface area contributed by atoms with E-state index in [2.05, 4.69) is 29.0 Å². The lowest BCUT2D eigenvalue weighted by molar-refractivity contribution is -0.385. The zero-order chi connectivity index (χ0) is 15.4. The SMILES string of the molecule is Cc1cc([N+](=O)[O-])cnc1NCCN1CC(C)OC(C)C1. The third-order valence-electron chi connectivity index (χ3n) is 3.49. The van der Waals surface area contributed by atoms with E-state index in [-0.39, 0.29) is 17.9 Å². The van der Waals surface area contributed by atoms with Crippen LogP contribution in [0.4, 0.5) is 11.5 Å². The number of hydrogen-bond acceptors (Lipinski definition) is 6. The highest BCUT2D eigenvalue weighted by Crippen LogP contribution is 2.17. The largest absolute Gasteiger partial charge is 0.373 e. The molecule has 1 aromatic heterocycles. The molecule has 0 spiro atoms. The molecular formula is C14H22N4O3. The van der Waals surface area contributed by atoms with Crippen LogP contribution in [0.1, 0.15) is 19.4 Å². The molecule has 1 aromatic rings. The Hall–Kier alpha value is -1.73. The molecule has 2 heterocycles. The van der Waals surface area contributed by atoms with Gasteiger partial charge in [-0.1, -0.05) is 0 Å². The number of rotatable bonds is 5. The monoisotopic (exact) mass is 294 g/mol. The average molecular weight is 294 g/mol. The number of anilines is 1. The Morgan fingerprint density at radius 2 is 2.14 bits per heavy atom. The van der Waals surface area contributed by atoms with Crippen LogP contribution >= 0.6 is 0 Å². The van der Waals surface area contributed by atoms with Crippen LogP contribution in [0.5, 0.6) is 0 Å². The number of nitrogens with one attached hydrogen (secondary N) is 1. The third-order valence-corrected chi connectivity index (χ3v) is 3.49. The van der Waals surface area contributed by atoms with Gasteiger partial charge in [0.05, 0.1) is 17.1 Å². The summed E-state index contributed by atoms with van der Waals surface area (Å²) in [7, 11) is 0. The first-order chi connectivity index (χ1) is 9.95. The van der Waals surface area contributed by atoms with Crippen molar-refractivity contribution in [2.24, 2.45) is 0 Å². The fraction of sp³-hybridized carbons (Fsp3) is 0.643. The number of nitrogens with zero attached hydrogens (tertiary/aromatic N) is 3. The number of pyridine rings is 1. The predicted octanol–water partition coefficient (Wildman–Crippen LogP) is 1.82. The van der Waals surface area contributed by atoms with Gasteiger partial charge >= 0.3 is 0 Å². The molecule has 0 saturated carbocycles. The van der Waals surface area contributed by atoms with Gasteiger partial charge in [0.15, 0.2) is 0 Å². The van der Waals surface area contributed by atoms with Crippen LogP contribution in [-0.4, -0.2) is 53.2 Å². The molecule has 21 heavy (non-hydrogen) atoms. The summed E-state index contributed by atoms with van der Waals surface area (Å²) in [6.07, 6.45) is 1.80. The minimum atomic E-state index is -0.430. The molecule has 0 amide bonds. The van der Waals surface area contributed by atoms with Gasteiger partial charge in [0.2, 0.25) is 0 Å². The molecule has 2 atom stereocenters. The Morgan fingerprint density at radius 1 is 1.48 bits per heavy atom. The Kier molecular flexibility index (Phi) is 5.08. The number of ether oxygens (including phenoxy) is 1. The molecule has 1 N–H and O–H groups in total. The van der Waals surface area contributed by atoms with E-state index >= 15 is 0 Å². The summed E-state index contributed by atoms with van der Waals surface area (Å²) < 4.78 is 5.70. The second-order valence-corrected chi connectivity index (χ2v) is 5.56. The maximum absolute atomic E-state index is 10.7. The van der Waals surface area contributed by atoms with Gasteiger partial charge in [-0.05, 0) is 26.3 Å². The fourth-order valence-corrected chi connectivity index (χ4v) is 2.64. The molecule has 1 fully saturated rings. The van der Waals surface area contributed by atoms with E-state index in [1.54, 1.807) is 0 Å². The van der Waals surface area contributed by atoms with Gasteiger partial charge < -0.3 is 10.1 Å². The lowest BCUT2D eigenvalue weighted by Gasteiger charge is -2.35. The van der Waals surface area contributed by atoms with Crippen LogP contribution in [-0.2, 0) is 4.74 Å². The Balaban J connectivity index is 1.84. The molecule has 1 aliphatic rings. The van der Waals surface area contributed by atoms with Crippen molar-refractivity contribution in [2.45, 2.75) is 33.0 Å². The van der Waals surface area contributed by atoms with Crippen molar-refractivity contribution < 1.29 is 9.66 Å². The number of hydrogen-bond donors (Lipinski definition) is 1. The Morgan fingerprint density at radius 3 is 2.71 bits per heavy atom. The average Bonchev–Trinajstić information content (AvgIpc) is 2.39. The Bertz CT molecular complexity index is 499. The van der Waals surface area contributed by atoms with Crippen molar-refractivity contribution in [1.29, 1.82) is 0 Å². The minimum Gasteiger partial charge on any atom is -0.373 e. The summed E-state index contributed by atoms with van der Waals surface area (Å²) in [4.78, 5) is 16.7. The number of aromatic nitrogens is 1. The summed E-state index contributed by atoms with van der Waals surface area (Å²) in [5.41, 5.74) is 0.807. The molecule has 1 aliphatic heterocycles. The number of aryl methyl sites for hydroxylation is 1. The normalized spacial score (nSPS) is 23.0. The van der Waals surface area contributed by atoms with Gasteiger partial charge in [-0.25, -0.2) is 4.98 Å². The molecule has 7 heteroatoms. The van der Waals surface area contributed by atoms with Crippen LogP contribution in [0.2, 0.25) is 0 Å². The van der Waals surface area contributed by atoms with Crippen LogP contribution in [0.3, 0.4) is 0 Å². The molecule has 0 aromatic carbocycles. The molecule has 7 nitrogen and oxygen atoms in total. The second kappa shape index (κ2) is 6.82. The molecule has 0 radical (unpaired) electrons. The zero-order valence-corrected chi connectivity index (χ0v) is 12.7. The topological polar surface area (TPSA) is 80.5 Å². The third kappa shape index (κ3) is 4.37. The van der Waals surface area contributed by atoms with E-state index in [4.69, 9.17) is 4.74 Å². The van der Waals surface area contributed by atoms with Crippen molar-refractivity contribution in [3.63, 3.8) is 0 Å². The molecule has 0 bridgehead atoms. The van der Waals surface area contributed by atoms with Crippen LogP contribution < -0.4 is 5.32 Å². The number of morpholine rings is 1. The quantitative estimate of drug-likeness (QED) is 0.659. The van der Waals surface area contributed by atoms with E-state index < -0.39 is 4.92 Å². The highest BCUT2D eigenvalue weighted by molar-refractivity contribution is 5.48. The van der Waals surface area contributed by atoms with E-state index in [1.165, 1.54) is 12.3 Å². The van der Waals surface area contributed by atoms with Gasteiger partial charge in [0.1, 0.15) is 12.0 Å². The molecule has 0 aliphatic carbocycles. The van der Waals surface area contributed by atoms with Crippen molar-refractivity contribution >= 4 is 11.5 Å². The first kappa shape index (κ1) is 15.7. The maximum Gasteiger partial charge on any atom is 0.287 e. The lowest BCUT2D eigenvalue weighted by Crippen LogP contribution is -2.46. The fourth-order valence-electron chi connectivity index (χ4n) is 2.64. The first-order valence-corrected chi connectivity index (χ1v) is 7.18. The van der Waals surface area contributed by atoms with Gasteiger partial charge in [-0.15, -0.1) is 0 Å². The predicted molar refractivity (Wildman–Crippen MR) is 80.6 cm³/mol. The summed E-state index contributed by atoms with van der Waals surface area (Å²) in [6, 6.07) is 1.54. The van der Waals surface area contributed by atoms with Crippen LogP contribution in [0.15, 0.2) is 12.3 Å².